The lowest BCUT2D eigenvalue weighted by atomic mass is 10.1. The van der Waals surface area contributed by atoms with Gasteiger partial charge < -0.3 is 9.84 Å². The third-order valence-corrected chi connectivity index (χ3v) is 4.39. The van der Waals surface area contributed by atoms with Gasteiger partial charge in [0.05, 0.1) is 19.3 Å². The van der Waals surface area contributed by atoms with E-state index < -0.39 is 0 Å². The summed E-state index contributed by atoms with van der Waals surface area (Å²) in [6, 6.07) is 8.53. The van der Waals surface area contributed by atoms with Crippen molar-refractivity contribution in [2.45, 2.75) is 12.6 Å². The molecule has 1 unspecified atom stereocenters. The molecule has 1 fully saturated rings. The zero-order valence-corrected chi connectivity index (χ0v) is 11.0. The lowest BCUT2D eigenvalue weighted by Gasteiger charge is -2.31. The molecule has 1 aliphatic heterocycles. The Bertz CT molecular complexity index is 525. The molecular formula is C14H17NO2S. The largest absolute Gasteiger partial charge is 0.394 e. The molecule has 96 valence electrons. The number of benzene rings is 1. The normalized spacial score (nSPS) is 21.5. The Kier molecular flexibility index (Phi) is 3.61. The van der Waals surface area contributed by atoms with Crippen molar-refractivity contribution in [2.75, 3.05) is 26.3 Å². The van der Waals surface area contributed by atoms with Crippen LogP contribution in [0.3, 0.4) is 0 Å². The highest BCUT2D eigenvalue weighted by molar-refractivity contribution is 7.17. The fourth-order valence-electron chi connectivity index (χ4n) is 2.43. The quantitative estimate of drug-likeness (QED) is 0.920. The molecule has 4 heteroatoms. The Balaban J connectivity index is 1.76. The first kappa shape index (κ1) is 12.1. The van der Waals surface area contributed by atoms with Crippen LogP contribution in [0, 0.1) is 0 Å². The van der Waals surface area contributed by atoms with Gasteiger partial charge in [-0.3, -0.25) is 4.90 Å². The van der Waals surface area contributed by atoms with Crippen LogP contribution in [-0.2, 0) is 11.3 Å². The third-order valence-electron chi connectivity index (χ3n) is 3.38. The topological polar surface area (TPSA) is 32.7 Å². The van der Waals surface area contributed by atoms with Gasteiger partial charge in [0.15, 0.2) is 0 Å². The molecule has 18 heavy (non-hydrogen) atoms. The third kappa shape index (κ3) is 2.42. The summed E-state index contributed by atoms with van der Waals surface area (Å²) in [5, 5.41) is 12.8. The summed E-state index contributed by atoms with van der Waals surface area (Å²) < 4.78 is 6.82. The Morgan fingerprint density at radius 1 is 1.39 bits per heavy atom. The number of morpholine rings is 1. The van der Waals surface area contributed by atoms with Gasteiger partial charge in [0.1, 0.15) is 0 Å². The van der Waals surface area contributed by atoms with E-state index in [4.69, 9.17) is 9.84 Å². The van der Waals surface area contributed by atoms with E-state index in [1.54, 1.807) is 11.3 Å². The number of aliphatic hydroxyl groups is 1. The van der Waals surface area contributed by atoms with Gasteiger partial charge in [-0.2, -0.15) is 0 Å². The van der Waals surface area contributed by atoms with Crippen LogP contribution in [-0.4, -0.2) is 42.4 Å². The molecule has 0 radical (unpaired) electrons. The van der Waals surface area contributed by atoms with Gasteiger partial charge in [0.2, 0.25) is 0 Å². The molecule has 0 amide bonds. The molecule has 1 N–H and O–H groups in total. The summed E-state index contributed by atoms with van der Waals surface area (Å²) in [6.07, 6.45) is -0.0244. The number of fused-ring (bicyclic) bond motifs is 1. The maximum atomic E-state index is 9.16. The summed E-state index contributed by atoms with van der Waals surface area (Å²) in [5.41, 5.74) is 1.38. The predicted molar refractivity (Wildman–Crippen MR) is 73.9 cm³/mol. The van der Waals surface area contributed by atoms with Gasteiger partial charge in [-0.15, -0.1) is 11.3 Å². The highest BCUT2D eigenvalue weighted by Gasteiger charge is 2.20. The van der Waals surface area contributed by atoms with Crippen LogP contribution in [0.4, 0.5) is 0 Å². The Morgan fingerprint density at radius 3 is 3.17 bits per heavy atom. The van der Waals surface area contributed by atoms with Crippen molar-refractivity contribution in [3.8, 4) is 0 Å². The number of hydrogen-bond acceptors (Lipinski definition) is 4. The zero-order valence-electron chi connectivity index (χ0n) is 10.2. The van der Waals surface area contributed by atoms with Crippen LogP contribution >= 0.6 is 11.3 Å². The first-order chi connectivity index (χ1) is 8.86. The summed E-state index contributed by atoms with van der Waals surface area (Å²) in [4.78, 5) is 2.36. The average Bonchev–Trinajstić information content (AvgIpc) is 2.83. The van der Waals surface area contributed by atoms with Gasteiger partial charge in [-0.25, -0.2) is 0 Å². The van der Waals surface area contributed by atoms with Gasteiger partial charge in [0, 0.05) is 24.3 Å². The number of rotatable bonds is 3. The molecule has 3 rings (SSSR count). The second-order valence-electron chi connectivity index (χ2n) is 4.67. The van der Waals surface area contributed by atoms with Gasteiger partial charge >= 0.3 is 0 Å². The minimum Gasteiger partial charge on any atom is -0.394 e. The Labute approximate surface area is 111 Å². The maximum absolute atomic E-state index is 9.16. The van der Waals surface area contributed by atoms with Crippen molar-refractivity contribution in [3.63, 3.8) is 0 Å². The van der Waals surface area contributed by atoms with Crippen molar-refractivity contribution in [2.24, 2.45) is 0 Å². The smallest absolute Gasteiger partial charge is 0.0933 e. The van der Waals surface area contributed by atoms with E-state index in [0.29, 0.717) is 6.61 Å². The maximum Gasteiger partial charge on any atom is 0.0933 e. The van der Waals surface area contributed by atoms with E-state index in [2.05, 4.69) is 34.5 Å². The van der Waals surface area contributed by atoms with Crippen molar-refractivity contribution < 1.29 is 9.84 Å². The average molecular weight is 263 g/mol. The fourth-order valence-corrected chi connectivity index (χ4v) is 3.38. The van der Waals surface area contributed by atoms with Crippen LogP contribution in [0.25, 0.3) is 10.1 Å². The summed E-state index contributed by atoms with van der Waals surface area (Å²) in [7, 11) is 0. The molecule has 2 aromatic rings. The SMILES string of the molecule is OCC1CN(Cc2csc3ccccc23)CCO1. The molecular weight excluding hydrogens is 246 g/mol. The van der Waals surface area contributed by atoms with Crippen LogP contribution in [0.15, 0.2) is 29.6 Å². The molecule has 0 bridgehead atoms. The van der Waals surface area contributed by atoms with Gasteiger partial charge in [-0.05, 0) is 22.4 Å². The number of hydrogen-bond donors (Lipinski definition) is 1. The molecule has 1 atom stereocenters. The predicted octanol–water partition coefficient (Wildman–Crippen LogP) is 2.09. The molecule has 1 aromatic heterocycles. The molecule has 0 spiro atoms. The van der Waals surface area contributed by atoms with Crippen molar-refractivity contribution >= 4 is 21.4 Å². The fraction of sp³-hybridized carbons (Fsp3) is 0.429. The second kappa shape index (κ2) is 5.36. The van der Waals surface area contributed by atoms with E-state index in [-0.39, 0.29) is 12.7 Å². The second-order valence-corrected chi connectivity index (χ2v) is 5.58. The molecule has 1 aromatic carbocycles. The van der Waals surface area contributed by atoms with Crippen LogP contribution < -0.4 is 0 Å². The lowest BCUT2D eigenvalue weighted by molar-refractivity contribution is -0.0549. The van der Waals surface area contributed by atoms with Crippen molar-refractivity contribution in [1.29, 1.82) is 0 Å². The molecule has 1 aliphatic rings. The zero-order chi connectivity index (χ0) is 12.4. The van der Waals surface area contributed by atoms with Crippen molar-refractivity contribution in [3.05, 3.63) is 35.2 Å². The highest BCUT2D eigenvalue weighted by Crippen LogP contribution is 2.27. The minimum absolute atomic E-state index is 0.0244. The van der Waals surface area contributed by atoms with E-state index in [1.165, 1.54) is 15.6 Å². The van der Waals surface area contributed by atoms with Gasteiger partial charge in [0.25, 0.3) is 0 Å². The minimum atomic E-state index is -0.0244. The number of nitrogens with zero attached hydrogens (tertiary/aromatic N) is 1. The molecule has 0 aliphatic carbocycles. The van der Waals surface area contributed by atoms with E-state index in [1.807, 2.05) is 0 Å². The summed E-state index contributed by atoms with van der Waals surface area (Å²) >= 11 is 1.80. The number of aliphatic hydroxyl groups excluding tert-OH is 1. The molecule has 0 saturated carbocycles. The van der Waals surface area contributed by atoms with Crippen LogP contribution in [0.5, 0.6) is 0 Å². The van der Waals surface area contributed by atoms with Gasteiger partial charge in [-0.1, -0.05) is 18.2 Å². The first-order valence-electron chi connectivity index (χ1n) is 6.27. The molecule has 3 nitrogen and oxygen atoms in total. The van der Waals surface area contributed by atoms with E-state index >= 15 is 0 Å². The standard InChI is InChI=1S/C14H17NO2S/c16-9-12-8-15(5-6-17-12)7-11-10-18-14-4-2-1-3-13(11)14/h1-4,10,12,16H,5-9H2. The molecule has 1 saturated heterocycles. The van der Waals surface area contributed by atoms with E-state index in [9.17, 15) is 0 Å². The summed E-state index contributed by atoms with van der Waals surface area (Å²) in [5.74, 6) is 0. The lowest BCUT2D eigenvalue weighted by Crippen LogP contribution is -2.43. The Hall–Kier alpha value is -0.940. The summed E-state index contributed by atoms with van der Waals surface area (Å²) in [6.45, 7) is 3.54. The number of ether oxygens (including phenoxy) is 1. The Morgan fingerprint density at radius 2 is 2.28 bits per heavy atom. The van der Waals surface area contributed by atoms with Crippen LogP contribution in [0.2, 0.25) is 0 Å². The first-order valence-corrected chi connectivity index (χ1v) is 7.14. The molecule has 2 heterocycles. The monoisotopic (exact) mass is 263 g/mol. The van der Waals surface area contributed by atoms with E-state index in [0.717, 1.165) is 19.6 Å². The number of thiophene rings is 1. The highest BCUT2D eigenvalue weighted by atomic mass is 32.1. The van der Waals surface area contributed by atoms with Crippen LogP contribution in [0.1, 0.15) is 5.56 Å². The van der Waals surface area contributed by atoms with Crippen molar-refractivity contribution in [1.82, 2.24) is 4.90 Å².